The fourth-order valence-corrected chi connectivity index (χ4v) is 3.64. The second-order valence-electron chi connectivity index (χ2n) is 5.75. The summed E-state index contributed by atoms with van der Waals surface area (Å²) >= 11 is 3.54. The first-order chi connectivity index (χ1) is 9.78. The number of nitrogens with two attached hydrogens (primary N) is 1. The summed E-state index contributed by atoms with van der Waals surface area (Å²) in [5.41, 5.74) is 8.89. The molecule has 3 rings (SSSR count). The van der Waals surface area contributed by atoms with Gasteiger partial charge in [0, 0.05) is 4.47 Å². The van der Waals surface area contributed by atoms with Crippen LogP contribution in [0, 0.1) is 11.8 Å². The molecule has 0 bridgehead atoms. The van der Waals surface area contributed by atoms with Crippen molar-refractivity contribution in [1.29, 1.82) is 0 Å². The molecule has 2 aromatic rings. The van der Waals surface area contributed by atoms with Gasteiger partial charge in [0.1, 0.15) is 0 Å². The highest BCUT2D eigenvalue weighted by Gasteiger charge is 2.42. The predicted octanol–water partition coefficient (Wildman–Crippen LogP) is 4.37. The molecule has 0 aromatic heterocycles. The Kier molecular flexibility index (Phi) is 4.23. The predicted molar refractivity (Wildman–Crippen MR) is 87.7 cm³/mol. The van der Waals surface area contributed by atoms with Crippen LogP contribution >= 0.6 is 15.9 Å². The molecule has 0 radical (unpaired) electrons. The van der Waals surface area contributed by atoms with Crippen molar-refractivity contribution in [3.8, 4) is 0 Å². The van der Waals surface area contributed by atoms with Gasteiger partial charge < -0.3 is 5.73 Å². The molecule has 104 valence electrons. The molecule has 1 aliphatic rings. The van der Waals surface area contributed by atoms with E-state index in [2.05, 4.69) is 70.5 Å². The van der Waals surface area contributed by atoms with E-state index >= 15 is 0 Å². The molecule has 1 fully saturated rings. The lowest BCUT2D eigenvalue weighted by Crippen LogP contribution is -2.19. The zero-order valence-corrected chi connectivity index (χ0v) is 13.1. The number of halogens is 1. The van der Waals surface area contributed by atoms with Gasteiger partial charge in [-0.25, -0.2) is 0 Å². The number of hydrogen-bond acceptors (Lipinski definition) is 1. The first-order valence-electron chi connectivity index (χ1n) is 7.27. The summed E-state index contributed by atoms with van der Waals surface area (Å²) in [4.78, 5) is 0. The van der Waals surface area contributed by atoms with E-state index in [1.807, 2.05) is 0 Å². The quantitative estimate of drug-likeness (QED) is 0.865. The van der Waals surface area contributed by atoms with Crippen LogP contribution in [0.2, 0.25) is 0 Å². The normalized spacial score (nSPS) is 22.5. The van der Waals surface area contributed by atoms with Gasteiger partial charge in [-0.15, -0.1) is 0 Å². The van der Waals surface area contributed by atoms with Gasteiger partial charge in [0.05, 0.1) is 0 Å². The summed E-state index contributed by atoms with van der Waals surface area (Å²) in [5, 5.41) is 0. The minimum atomic E-state index is 0.592. The Morgan fingerprint density at radius 2 is 1.90 bits per heavy atom. The van der Waals surface area contributed by atoms with Gasteiger partial charge in [-0.1, -0.05) is 58.4 Å². The fourth-order valence-electron chi connectivity index (χ4n) is 3.20. The molecule has 2 N–H and O–H groups in total. The number of rotatable bonds is 5. The molecule has 3 atom stereocenters. The Bertz CT molecular complexity index is 567. The number of hydrogen-bond donors (Lipinski definition) is 1. The molecule has 0 spiro atoms. The van der Waals surface area contributed by atoms with E-state index in [9.17, 15) is 0 Å². The highest BCUT2D eigenvalue weighted by atomic mass is 79.9. The maximum absolute atomic E-state index is 6.03. The van der Waals surface area contributed by atoms with Crippen LogP contribution in [0.5, 0.6) is 0 Å². The summed E-state index contributed by atoms with van der Waals surface area (Å²) in [6.45, 7) is 0.778. The van der Waals surface area contributed by atoms with Gasteiger partial charge in [-0.3, -0.25) is 0 Å². The summed E-state index contributed by atoms with van der Waals surface area (Å²) in [6, 6.07) is 19.4. The Balaban J connectivity index is 1.67. The molecule has 20 heavy (non-hydrogen) atoms. The zero-order chi connectivity index (χ0) is 13.9. The summed E-state index contributed by atoms with van der Waals surface area (Å²) in [7, 11) is 0. The molecular weight excluding hydrogens is 310 g/mol. The summed E-state index contributed by atoms with van der Waals surface area (Å²) in [6.07, 6.45) is 2.38. The van der Waals surface area contributed by atoms with E-state index in [1.54, 1.807) is 0 Å². The number of benzene rings is 2. The molecule has 0 amide bonds. The van der Waals surface area contributed by atoms with Crippen LogP contribution in [-0.4, -0.2) is 6.54 Å². The minimum Gasteiger partial charge on any atom is -0.330 e. The van der Waals surface area contributed by atoms with E-state index in [1.165, 1.54) is 17.5 Å². The molecule has 3 unspecified atom stereocenters. The lowest BCUT2D eigenvalue weighted by atomic mass is 9.92. The molecule has 1 aliphatic carbocycles. The molecule has 1 nitrogen and oxygen atoms in total. The Labute approximate surface area is 129 Å². The van der Waals surface area contributed by atoms with Crippen LogP contribution in [0.4, 0.5) is 0 Å². The van der Waals surface area contributed by atoms with Crippen LogP contribution in [0.15, 0.2) is 59.1 Å². The van der Waals surface area contributed by atoms with Gasteiger partial charge in [-0.2, -0.15) is 0 Å². The zero-order valence-electron chi connectivity index (χ0n) is 11.5. The van der Waals surface area contributed by atoms with Gasteiger partial charge >= 0.3 is 0 Å². The third-order valence-corrected chi connectivity index (χ3v) is 4.86. The largest absolute Gasteiger partial charge is 0.330 e. The first-order valence-corrected chi connectivity index (χ1v) is 8.06. The van der Waals surface area contributed by atoms with Crippen molar-refractivity contribution in [2.75, 3.05) is 6.54 Å². The van der Waals surface area contributed by atoms with Crippen LogP contribution in [0.25, 0.3) is 0 Å². The fraction of sp³-hybridized carbons (Fsp3) is 0.333. The molecule has 0 saturated heterocycles. The van der Waals surface area contributed by atoms with Crippen molar-refractivity contribution in [2.45, 2.75) is 18.8 Å². The summed E-state index contributed by atoms with van der Waals surface area (Å²) < 4.78 is 1.15. The Morgan fingerprint density at radius 3 is 2.60 bits per heavy atom. The third kappa shape index (κ3) is 3.13. The lowest BCUT2D eigenvalue weighted by molar-refractivity contribution is 0.461. The topological polar surface area (TPSA) is 26.0 Å². The van der Waals surface area contributed by atoms with E-state index in [0.29, 0.717) is 5.92 Å². The highest BCUT2D eigenvalue weighted by Crippen LogP contribution is 2.52. The SMILES string of the molecule is NCC(Cc1cccc(Br)c1)C1CC1c1ccccc1. The van der Waals surface area contributed by atoms with E-state index < -0.39 is 0 Å². The van der Waals surface area contributed by atoms with Gasteiger partial charge in [-0.05, 0) is 60.4 Å². The second-order valence-corrected chi connectivity index (χ2v) is 6.66. The Morgan fingerprint density at radius 1 is 1.10 bits per heavy atom. The van der Waals surface area contributed by atoms with Crippen molar-refractivity contribution in [3.05, 3.63) is 70.2 Å². The highest BCUT2D eigenvalue weighted by molar-refractivity contribution is 9.10. The standard InChI is InChI=1S/C18H20BrN/c19-16-8-4-5-13(10-16)9-15(12-20)18-11-17(18)14-6-2-1-3-7-14/h1-8,10,15,17-18H,9,11-12,20H2. The van der Waals surface area contributed by atoms with Crippen LogP contribution in [0.1, 0.15) is 23.5 Å². The molecule has 1 saturated carbocycles. The van der Waals surface area contributed by atoms with Crippen LogP contribution in [-0.2, 0) is 6.42 Å². The van der Waals surface area contributed by atoms with Crippen LogP contribution in [0.3, 0.4) is 0 Å². The van der Waals surface area contributed by atoms with E-state index in [0.717, 1.165) is 29.3 Å². The lowest BCUT2D eigenvalue weighted by Gasteiger charge is -2.15. The van der Waals surface area contributed by atoms with Gasteiger partial charge in [0.15, 0.2) is 0 Å². The first kappa shape index (κ1) is 13.8. The average molecular weight is 330 g/mol. The smallest absolute Gasteiger partial charge is 0.0177 e. The van der Waals surface area contributed by atoms with Gasteiger partial charge in [0.25, 0.3) is 0 Å². The van der Waals surface area contributed by atoms with Crippen molar-refractivity contribution < 1.29 is 0 Å². The van der Waals surface area contributed by atoms with Crippen molar-refractivity contribution in [3.63, 3.8) is 0 Å². The van der Waals surface area contributed by atoms with E-state index in [-0.39, 0.29) is 0 Å². The monoisotopic (exact) mass is 329 g/mol. The van der Waals surface area contributed by atoms with Gasteiger partial charge in [0.2, 0.25) is 0 Å². The van der Waals surface area contributed by atoms with Crippen LogP contribution < -0.4 is 5.73 Å². The molecule has 2 heteroatoms. The maximum Gasteiger partial charge on any atom is 0.0177 e. The molecule has 0 aliphatic heterocycles. The van der Waals surface area contributed by atoms with Crippen molar-refractivity contribution in [2.24, 2.45) is 17.6 Å². The Hall–Kier alpha value is -1.12. The van der Waals surface area contributed by atoms with Crippen molar-refractivity contribution in [1.82, 2.24) is 0 Å². The maximum atomic E-state index is 6.03. The molecule has 2 aromatic carbocycles. The molecule has 0 heterocycles. The van der Waals surface area contributed by atoms with Crippen molar-refractivity contribution >= 4 is 15.9 Å². The minimum absolute atomic E-state index is 0.592. The second kappa shape index (κ2) is 6.11. The third-order valence-electron chi connectivity index (χ3n) is 4.36. The molecular formula is C18H20BrN. The van der Waals surface area contributed by atoms with E-state index in [4.69, 9.17) is 5.73 Å². The summed E-state index contributed by atoms with van der Waals surface area (Å²) in [5.74, 6) is 2.06. The average Bonchev–Trinajstić information content (AvgIpc) is 3.26.